The van der Waals surface area contributed by atoms with E-state index >= 15 is 0 Å². The van der Waals surface area contributed by atoms with Gasteiger partial charge in [0.15, 0.2) is 0 Å². The molecule has 0 unspecified atom stereocenters. The van der Waals surface area contributed by atoms with Gasteiger partial charge in [0.05, 0.1) is 23.6 Å². The molecule has 5 rings (SSSR count). The van der Waals surface area contributed by atoms with Gasteiger partial charge < -0.3 is 9.80 Å². The highest BCUT2D eigenvalue weighted by atomic mass is 15.1. The lowest BCUT2D eigenvalue weighted by Gasteiger charge is -2.28. The van der Waals surface area contributed by atoms with Gasteiger partial charge in [-0.3, -0.25) is 0 Å². The first-order chi connectivity index (χ1) is 16.1. The van der Waals surface area contributed by atoms with E-state index in [-0.39, 0.29) is 0 Å². The Kier molecular flexibility index (Phi) is 5.70. The molecule has 3 nitrogen and oxygen atoms in total. The SMILES string of the molecule is Cc1ccccc1N(C)Cc1ccccc1-c1ccccc1C1=Nc2ccccc2N(C)C1. The predicted molar refractivity (Wildman–Crippen MR) is 141 cm³/mol. The minimum absolute atomic E-state index is 0.791. The summed E-state index contributed by atoms with van der Waals surface area (Å²) in [5.41, 5.74) is 10.9. The molecule has 1 aliphatic rings. The number of hydrogen-bond acceptors (Lipinski definition) is 3. The van der Waals surface area contributed by atoms with Crippen molar-refractivity contribution in [2.75, 3.05) is 30.4 Å². The molecule has 1 heterocycles. The Balaban J connectivity index is 1.55. The van der Waals surface area contributed by atoms with Crippen LogP contribution in [0.15, 0.2) is 102 Å². The number of anilines is 2. The second-order valence-corrected chi connectivity index (χ2v) is 8.75. The van der Waals surface area contributed by atoms with E-state index in [2.05, 4.69) is 128 Å². The number of fused-ring (bicyclic) bond motifs is 1. The second-order valence-electron chi connectivity index (χ2n) is 8.75. The molecule has 4 aromatic rings. The normalized spacial score (nSPS) is 12.8. The first kappa shape index (κ1) is 21.0. The molecule has 33 heavy (non-hydrogen) atoms. The Morgan fingerprint density at radius 1 is 0.758 bits per heavy atom. The van der Waals surface area contributed by atoms with Gasteiger partial charge in [0, 0.05) is 31.9 Å². The van der Waals surface area contributed by atoms with Gasteiger partial charge in [0.25, 0.3) is 0 Å². The van der Waals surface area contributed by atoms with Gasteiger partial charge >= 0.3 is 0 Å². The maximum Gasteiger partial charge on any atom is 0.0867 e. The summed E-state index contributed by atoms with van der Waals surface area (Å²) in [5.74, 6) is 0. The molecule has 4 aromatic carbocycles. The van der Waals surface area contributed by atoms with E-state index in [9.17, 15) is 0 Å². The molecule has 0 amide bonds. The van der Waals surface area contributed by atoms with Crippen molar-refractivity contribution in [3.63, 3.8) is 0 Å². The Morgan fingerprint density at radius 2 is 1.39 bits per heavy atom. The van der Waals surface area contributed by atoms with Crippen LogP contribution in [0.5, 0.6) is 0 Å². The third-order valence-corrected chi connectivity index (χ3v) is 6.42. The molecule has 0 fully saturated rings. The summed E-state index contributed by atoms with van der Waals surface area (Å²) in [6.45, 7) is 3.80. The predicted octanol–water partition coefficient (Wildman–Crippen LogP) is 6.87. The van der Waals surface area contributed by atoms with Crippen LogP contribution in [0.25, 0.3) is 11.1 Å². The van der Waals surface area contributed by atoms with E-state index in [1.807, 2.05) is 0 Å². The van der Waals surface area contributed by atoms with Crippen LogP contribution in [0.4, 0.5) is 17.1 Å². The van der Waals surface area contributed by atoms with Gasteiger partial charge in [-0.15, -0.1) is 0 Å². The fraction of sp³-hybridized carbons (Fsp3) is 0.167. The van der Waals surface area contributed by atoms with Crippen molar-refractivity contribution < 1.29 is 0 Å². The van der Waals surface area contributed by atoms with Crippen LogP contribution in [-0.2, 0) is 6.54 Å². The number of aryl methyl sites for hydroxylation is 1. The third kappa shape index (κ3) is 4.14. The van der Waals surface area contributed by atoms with Gasteiger partial charge in [0.2, 0.25) is 0 Å². The van der Waals surface area contributed by atoms with Crippen molar-refractivity contribution in [3.8, 4) is 11.1 Å². The van der Waals surface area contributed by atoms with Crippen molar-refractivity contribution in [3.05, 3.63) is 114 Å². The van der Waals surface area contributed by atoms with Crippen molar-refractivity contribution >= 4 is 22.8 Å². The standard InChI is InChI=1S/C30H29N3/c1-22-12-4-10-18-29(22)32(2)20-23-13-5-6-14-24(23)25-15-7-8-16-26(25)28-21-33(3)30-19-11-9-17-27(30)31-28/h4-19H,20-21H2,1-3H3. The zero-order valence-corrected chi connectivity index (χ0v) is 19.5. The number of para-hydroxylation sites is 3. The average Bonchev–Trinajstić information content (AvgIpc) is 2.84. The highest BCUT2D eigenvalue weighted by molar-refractivity contribution is 6.11. The number of rotatable bonds is 5. The molecule has 0 saturated heterocycles. The van der Waals surface area contributed by atoms with E-state index < -0.39 is 0 Å². The second kappa shape index (κ2) is 8.95. The average molecular weight is 432 g/mol. The van der Waals surface area contributed by atoms with Crippen LogP contribution >= 0.6 is 0 Å². The van der Waals surface area contributed by atoms with Gasteiger partial charge in [-0.25, -0.2) is 4.99 Å². The Morgan fingerprint density at radius 3 is 2.21 bits per heavy atom. The number of nitrogens with zero attached hydrogens (tertiary/aromatic N) is 3. The smallest absolute Gasteiger partial charge is 0.0867 e. The highest BCUT2D eigenvalue weighted by Crippen LogP contribution is 2.35. The Hall–Kier alpha value is -3.85. The molecule has 0 N–H and O–H groups in total. The fourth-order valence-electron chi connectivity index (χ4n) is 4.74. The molecule has 0 aromatic heterocycles. The zero-order chi connectivity index (χ0) is 22.8. The summed E-state index contributed by atoms with van der Waals surface area (Å²) < 4.78 is 0. The van der Waals surface area contributed by atoms with E-state index in [1.165, 1.54) is 39.2 Å². The quantitative estimate of drug-likeness (QED) is 0.343. The first-order valence-corrected chi connectivity index (χ1v) is 11.4. The minimum Gasteiger partial charge on any atom is -0.370 e. The Bertz CT molecular complexity index is 1320. The molecule has 0 spiro atoms. The molecule has 1 aliphatic heterocycles. The number of likely N-dealkylation sites (N-methyl/N-ethyl adjacent to an activating group) is 1. The van der Waals surface area contributed by atoms with E-state index in [0.29, 0.717) is 0 Å². The molecule has 0 bridgehead atoms. The molecule has 3 heteroatoms. The highest BCUT2D eigenvalue weighted by Gasteiger charge is 2.20. The topological polar surface area (TPSA) is 18.8 Å². The summed E-state index contributed by atoms with van der Waals surface area (Å²) in [7, 11) is 4.31. The number of aliphatic imine (C=N–C) groups is 1. The van der Waals surface area contributed by atoms with Crippen LogP contribution in [0.2, 0.25) is 0 Å². The molecule has 0 aliphatic carbocycles. The summed E-state index contributed by atoms with van der Waals surface area (Å²) >= 11 is 0. The maximum atomic E-state index is 5.07. The molecular weight excluding hydrogens is 402 g/mol. The lowest BCUT2D eigenvalue weighted by atomic mass is 9.92. The van der Waals surface area contributed by atoms with Crippen molar-refractivity contribution in [1.29, 1.82) is 0 Å². The van der Waals surface area contributed by atoms with Gasteiger partial charge in [-0.2, -0.15) is 0 Å². The summed E-state index contributed by atoms with van der Waals surface area (Å²) in [5, 5.41) is 0. The Labute approximate surface area is 196 Å². The van der Waals surface area contributed by atoms with Crippen LogP contribution in [0.1, 0.15) is 16.7 Å². The lowest BCUT2D eigenvalue weighted by Crippen LogP contribution is -2.29. The lowest BCUT2D eigenvalue weighted by molar-refractivity contribution is 0.919. The zero-order valence-electron chi connectivity index (χ0n) is 19.5. The molecule has 164 valence electrons. The minimum atomic E-state index is 0.791. The summed E-state index contributed by atoms with van der Waals surface area (Å²) in [4.78, 5) is 9.68. The maximum absolute atomic E-state index is 5.07. The van der Waals surface area contributed by atoms with Gasteiger partial charge in [-0.1, -0.05) is 78.9 Å². The van der Waals surface area contributed by atoms with Crippen LogP contribution in [0, 0.1) is 6.92 Å². The summed E-state index contributed by atoms with van der Waals surface area (Å²) in [6.07, 6.45) is 0. The molecular formula is C30H29N3. The van der Waals surface area contributed by atoms with Crippen LogP contribution in [0.3, 0.4) is 0 Å². The first-order valence-electron chi connectivity index (χ1n) is 11.4. The number of benzene rings is 4. The monoisotopic (exact) mass is 431 g/mol. The molecule has 0 atom stereocenters. The molecule has 0 saturated carbocycles. The van der Waals surface area contributed by atoms with E-state index in [0.717, 1.165) is 24.5 Å². The van der Waals surface area contributed by atoms with Gasteiger partial charge in [0.1, 0.15) is 0 Å². The van der Waals surface area contributed by atoms with Gasteiger partial charge in [-0.05, 0) is 47.4 Å². The largest absolute Gasteiger partial charge is 0.370 e. The third-order valence-electron chi connectivity index (χ3n) is 6.42. The van der Waals surface area contributed by atoms with Crippen molar-refractivity contribution in [2.45, 2.75) is 13.5 Å². The van der Waals surface area contributed by atoms with E-state index in [1.54, 1.807) is 0 Å². The number of hydrogen-bond donors (Lipinski definition) is 0. The van der Waals surface area contributed by atoms with Crippen molar-refractivity contribution in [2.24, 2.45) is 4.99 Å². The summed E-state index contributed by atoms with van der Waals surface area (Å²) in [6, 6.07) is 34.3. The van der Waals surface area contributed by atoms with E-state index in [4.69, 9.17) is 4.99 Å². The van der Waals surface area contributed by atoms with Crippen LogP contribution in [-0.4, -0.2) is 26.4 Å². The molecule has 0 radical (unpaired) electrons. The fourth-order valence-corrected chi connectivity index (χ4v) is 4.74. The van der Waals surface area contributed by atoms with Crippen LogP contribution < -0.4 is 9.80 Å². The van der Waals surface area contributed by atoms with Crippen molar-refractivity contribution in [1.82, 2.24) is 0 Å².